The topological polar surface area (TPSA) is 22.1 Å². The van der Waals surface area contributed by atoms with E-state index in [0.29, 0.717) is 0 Å². The van der Waals surface area contributed by atoms with Crippen molar-refractivity contribution < 1.29 is 17.9 Å². The maximum Gasteiger partial charge on any atom is 0.392 e. The molecule has 0 N–H and O–H groups in total. The van der Waals surface area contributed by atoms with E-state index in [-0.39, 0.29) is 12.5 Å². The highest BCUT2D eigenvalue weighted by atomic mass is 19.4. The van der Waals surface area contributed by atoms with Gasteiger partial charge >= 0.3 is 6.18 Å². The van der Waals surface area contributed by atoms with Crippen LogP contribution >= 0.6 is 0 Å². The van der Waals surface area contributed by atoms with Gasteiger partial charge in [-0.3, -0.25) is 0 Å². The Morgan fingerprint density at radius 3 is 2.71 bits per heavy atom. The molecule has 0 fully saturated rings. The summed E-state index contributed by atoms with van der Waals surface area (Å²) in [6.07, 6.45) is -3.65. The average Bonchev–Trinajstić information content (AvgIpc) is 2.06. The van der Waals surface area contributed by atoms with Gasteiger partial charge in [0.2, 0.25) is 5.88 Å². The van der Waals surface area contributed by atoms with Crippen LogP contribution in [0.2, 0.25) is 0 Å². The molecule has 0 aliphatic carbocycles. The Kier molecular flexibility index (Phi) is 3.33. The summed E-state index contributed by atoms with van der Waals surface area (Å²) in [5.41, 5.74) is 0.731. The summed E-state index contributed by atoms with van der Waals surface area (Å²) in [7, 11) is 0. The smallest absolute Gasteiger partial charge is 0.392 e. The molecular formula is C9H10F3NO. The average molecular weight is 205 g/mol. The van der Waals surface area contributed by atoms with Crippen molar-refractivity contribution in [3.05, 3.63) is 23.9 Å². The molecule has 0 bridgehead atoms. The zero-order chi connectivity index (χ0) is 10.6. The molecule has 5 heteroatoms. The molecule has 0 saturated carbocycles. The number of pyridine rings is 1. The summed E-state index contributed by atoms with van der Waals surface area (Å²) >= 11 is 0. The van der Waals surface area contributed by atoms with Crippen molar-refractivity contribution >= 4 is 0 Å². The first-order valence-corrected chi connectivity index (χ1v) is 4.10. The van der Waals surface area contributed by atoms with Gasteiger partial charge in [0.05, 0.1) is 13.0 Å². The number of hydrogen-bond donors (Lipinski definition) is 0. The van der Waals surface area contributed by atoms with Gasteiger partial charge in [-0.15, -0.1) is 0 Å². The van der Waals surface area contributed by atoms with Crippen molar-refractivity contribution in [3.63, 3.8) is 0 Å². The lowest BCUT2D eigenvalue weighted by molar-refractivity contribution is -0.139. The Balaban J connectivity index is 2.43. The number of aromatic nitrogens is 1. The minimum Gasteiger partial charge on any atom is -0.477 e. The molecule has 2 nitrogen and oxygen atoms in total. The van der Waals surface area contributed by atoms with Crippen molar-refractivity contribution in [2.45, 2.75) is 19.5 Å². The van der Waals surface area contributed by atoms with Gasteiger partial charge in [0.15, 0.2) is 0 Å². The quantitative estimate of drug-likeness (QED) is 0.756. The Bertz CT molecular complexity index is 298. The van der Waals surface area contributed by atoms with E-state index in [4.69, 9.17) is 4.74 Å². The molecule has 0 spiro atoms. The van der Waals surface area contributed by atoms with E-state index in [2.05, 4.69) is 4.98 Å². The summed E-state index contributed by atoms with van der Waals surface area (Å²) < 4.78 is 40.2. The molecule has 0 unspecified atom stereocenters. The molecule has 14 heavy (non-hydrogen) atoms. The van der Waals surface area contributed by atoms with Crippen molar-refractivity contribution in [3.8, 4) is 5.88 Å². The van der Waals surface area contributed by atoms with Crippen LogP contribution in [0.5, 0.6) is 5.88 Å². The molecule has 0 aliphatic heterocycles. The fourth-order valence-corrected chi connectivity index (χ4v) is 0.886. The monoisotopic (exact) mass is 205 g/mol. The van der Waals surface area contributed by atoms with E-state index in [1.807, 2.05) is 0 Å². The number of rotatable bonds is 3. The third-order valence-corrected chi connectivity index (χ3v) is 1.59. The number of alkyl halides is 3. The normalized spacial score (nSPS) is 11.4. The maximum atomic E-state index is 11.8. The summed E-state index contributed by atoms with van der Waals surface area (Å²) in [6.45, 7) is 1.34. The third-order valence-electron chi connectivity index (χ3n) is 1.59. The van der Waals surface area contributed by atoms with E-state index in [9.17, 15) is 13.2 Å². The number of halogens is 3. The predicted octanol–water partition coefficient (Wildman–Crippen LogP) is 2.72. The molecule has 78 valence electrons. The maximum absolute atomic E-state index is 11.8. The summed E-state index contributed by atoms with van der Waals surface area (Å²) in [5, 5.41) is 0. The van der Waals surface area contributed by atoms with Gasteiger partial charge in [0.1, 0.15) is 0 Å². The number of nitrogens with zero attached hydrogens (tertiary/aromatic N) is 1. The van der Waals surface area contributed by atoms with Crippen LogP contribution in [0.4, 0.5) is 13.2 Å². The van der Waals surface area contributed by atoms with E-state index in [1.54, 1.807) is 19.1 Å². The zero-order valence-corrected chi connectivity index (χ0v) is 7.64. The highest BCUT2D eigenvalue weighted by Crippen LogP contribution is 2.20. The molecule has 0 radical (unpaired) electrons. The van der Waals surface area contributed by atoms with Crippen LogP contribution in [0, 0.1) is 6.92 Å². The Labute approximate surface area is 79.7 Å². The standard InChI is InChI=1S/C9H10F3NO/c1-7-3-2-5-13-8(7)14-6-4-9(10,11)12/h2-3,5H,4,6H2,1H3. The van der Waals surface area contributed by atoms with Crippen LogP contribution in [0.1, 0.15) is 12.0 Å². The van der Waals surface area contributed by atoms with Crippen LogP contribution in [0.25, 0.3) is 0 Å². The lowest BCUT2D eigenvalue weighted by atomic mass is 10.3. The molecule has 0 aliphatic rings. The largest absolute Gasteiger partial charge is 0.477 e. The minimum absolute atomic E-state index is 0.261. The molecule has 0 saturated heterocycles. The first-order chi connectivity index (χ1) is 6.49. The summed E-state index contributed by atoms with van der Waals surface area (Å²) in [4.78, 5) is 3.81. The minimum atomic E-state index is -4.18. The highest BCUT2D eigenvalue weighted by Gasteiger charge is 2.26. The van der Waals surface area contributed by atoms with Crippen molar-refractivity contribution in [2.24, 2.45) is 0 Å². The molecule has 1 rings (SSSR count). The van der Waals surface area contributed by atoms with Gasteiger partial charge in [-0.2, -0.15) is 13.2 Å². The van der Waals surface area contributed by atoms with Gasteiger partial charge in [-0.25, -0.2) is 4.98 Å². The summed E-state index contributed by atoms with van der Waals surface area (Å²) in [5.74, 6) is 0.261. The van der Waals surface area contributed by atoms with Crippen molar-refractivity contribution in [1.82, 2.24) is 4.98 Å². The second-order valence-corrected chi connectivity index (χ2v) is 2.84. The number of ether oxygens (including phenoxy) is 1. The SMILES string of the molecule is Cc1cccnc1OCCC(F)(F)F. The van der Waals surface area contributed by atoms with Crippen molar-refractivity contribution in [2.75, 3.05) is 6.61 Å². The first kappa shape index (κ1) is 10.8. The van der Waals surface area contributed by atoms with E-state index < -0.39 is 12.6 Å². The fourth-order valence-electron chi connectivity index (χ4n) is 0.886. The number of hydrogen-bond acceptors (Lipinski definition) is 2. The van der Waals surface area contributed by atoms with Gasteiger partial charge in [0, 0.05) is 11.8 Å². The third kappa shape index (κ3) is 3.64. The second kappa shape index (κ2) is 4.30. The molecule has 1 aromatic rings. The predicted molar refractivity (Wildman–Crippen MR) is 45.1 cm³/mol. The fraction of sp³-hybridized carbons (Fsp3) is 0.444. The van der Waals surface area contributed by atoms with E-state index in [1.165, 1.54) is 6.20 Å². The lowest BCUT2D eigenvalue weighted by Crippen LogP contribution is -2.13. The number of aryl methyl sites for hydroxylation is 1. The molecular weight excluding hydrogens is 195 g/mol. The van der Waals surface area contributed by atoms with Crippen LogP contribution < -0.4 is 4.74 Å². The Morgan fingerprint density at radius 2 is 2.14 bits per heavy atom. The van der Waals surface area contributed by atoms with Gasteiger partial charge in [0.25, 0.3) is 0 Å². The second-order valence-electron chi connectivity index (χ2n) is 2.84. The lowest BCUT2D eigenvalue weighted by Gasteiger charge is -2.08. The molecule has 0 atom stereocenters. The molecule has 1 heterocycles. The van der Waals surface area contributed by atoms with Gasteiger partial charge in [-0.05, 0) is 13.0 Å². The Morgan fingerprint density at radius 1 is 1.43 bits per heavy atom. The van der Waals surface area contributed by atoms with Crippen LogP contribution in [0.15, 0.2) is 18.3 Å². The van der Waals surface area contributed by atoms with E-state index >= 15 is 0 Å². The van der Waals surface area contributed by atoms with Crippen molar-refractivity contribution in [1.29, 1.82) is 0 Å². The molecule has 1 aromatic heterocycles. The zero-order valence-electron chi connectivity index (χ0n) is 7.64. The Hall–Kier alpha value is -1.26. The van der Waals surface area contributed by atoms with Crippen LogP contribution in [-0.2, 0) is 0 Å². The van der Waals surface area contributed by atoms with E-state index in [0.717, 1.165) is 5.56 Å². The first-order valence-electron chi connectivity index (χ1n) is 4.10. The van der Waals surface area contributed by atoms with Gasteiger partial charge in [-0.1, -0.05) is 6.07 Å². The highest BCUT2D eigenvalue weighted by molar-refractivity contribution is 5.23. The van der Waals surface area contributed by atoms with Crippen LogP contribution in [0.3, 0.4) is 0 Å². The molecule has 0 aromatic carbocycles. The summed E-state index contributed by atoms with van der Waals surface area (Å²) in [6, 6.07) is 3.43. The van der Waals surface area contributed by atoms with Gasteiger partial charge < -0.3 is 4.74 Å². The molecule has 0 amide bonds. The van der Waals surface area contributed by atoms with Crippen LogP contribution in [-0.4, -0.2) is 17.8 Å².